The first kappa shape index (κ1) is 62.5. The molecule has 64 heavy (non-hydrogen) atoms. The molecule has 0 aliphatic rings. The van der Waals surface area contributed by atoms with E-state index in [9.17, 15) is 23.8 Å². The Hall–Kier alpha value is -1.52. The summed E-state index contributed by atoms with van der Waals surface area (Å²) in [7, 11) is -4.71. The van der Waals surface area contributed by atoms with Gasteiger partial charge >= 0.3 is 25.7 Å². The quantitative estimate of drug-likeness (QED) is 0.0301. The fourth-order valence-electron chi connectivity index (χ4n) is 8.13. The number of ether oxygens (including phenoxy) is 2. The average molecular weight is 932 g/mol. The van der Waals surface area contributed by atoms with Crippen molar-refractivity contribution in [3.8, 4) is 0 Å². The van der Waals surface area contributed by atoms with Crippen LogP contribution in [0.25, 0.3) is 0 Å². The molecule has 0 saturated carbocycles. The molecule has 0 aromatic rings. The van der Waals surface area contributed by atoms with Gasteiger partial charge in [0.15, 0.2) is 6.10 Å². The predicted octanol–water partition coefficient (Wildman–Crippen LogP) is 15.4. The van der Waals surface area contributed by atoms with E-state index < -0.39 is 51.1 Å². The Labute approximate surface area is 393 Å². The van der Waals surface area contributed by atoms with E-state index in [4.69, 9.17) is 29.4 Å². The molecule has 0 aromatic heterocycles. The molecule has 11 nitrogen and oxygen atoms in total. The van der Waals surface area contributed by atoms with Crippen LogP contribution in [-0.2, 0) is 37.5 Å². The molecule has 0 saturated heterocycles. The zero-order valence-electron chi connectivity index (χ0n) is 41.7. The van der Waals surface area contributed by atoms with Crippen molar-refractivity contribution < 1.29 is 47.5 Å². The first-order valence-corrected chi connectivity index (χ1v) is 28.6. The van der Waals surface area contributed by atoms with Crippen molar-refractivity contribution in [3.05, 3.63) is 0 Å². The highest BCUT2D eigenvalue weighted by atomic mass is 31.2. The highest BCUT2D eigenvalue weighted by Crippen LogP contribution is 2.43. The van der Waals surface area contributed by atoms with Crippen molar-refractivity contribution in [1.82, 2.24) is 0 Å². The maximum Gasteiger partial charge on any atom is 0.472 e. The maximum atomic E-state index is 12.7. The monoisotopic (exact) mass is 932 g/mol. The number of esters is 2. The van der Waals surface area contributed by atoms with Gasteiger partial charge in [-0.05, 0) is 12.8 Å². The lowest BCUT2D eigenvalue weighted by atomic mass is 10.0. The van der Waals surface area contributed by atoms with E-state index in [-0.39, 0.29) is 19.4 Å². The topological polar surface area (TPSA) is 172 Å². The zero-order valence-corrected chi connectivity index (χ0v) is 42.6. The minimum atomic E-state index is -4.71. The zero-order chi connectivity index (χ0) is 47.0. The van der Waals surface area contributed by atoms with Gasteiger partial charge in [0.25, 0.3) is 0 Å². The highest BCUT2D eigenvalue weighted by Gasteiger charge is 2.28. The fourth-order valence-corrected chi connectivity index (χ4v) is 8.91. The summed E-state index contributed by atoms with van der Waals surface area (Å²) >= 11 is 0. The van der Waals surface area contributed by atoms with E-state index >= 15 is 0 Å². The fraction of sp³-hybridized carbons (Fsp3) is 0.942. The number of phosphoric acid groups is 1. The molecule has 12 heteroatoms. The van der Waals surface area contributed by atoms with Gasteiger partial charge in [0, 0.05) is 12.8 Å². The van der Waals surface area contributed by atoms with Crippen molar-refractivity contribution in [2.45, 2.75) is 296 Å². The predicted molar refractivity (Wildman–Crippen MR) is 263 cm³/mol. The molecule has 0 aliphatic heterocycles. The van der Waals surface area contributed by atoms with Crippen LogP contribution in [0.1, 0.15) is 284 Å². The number of carboxylic acid groups (broad SMARTS) is 1. The van der Waals surface area contributed by atoms with Gasteiger partial charge in [0.2, 0.25) is 0 Å². The molecule has 0 fully saturated rings. The lowest BCUT2D eigenvalue weighted by Crippen LogP contribution is -2.34. The van der Waals surface area contributed by atoms with Gasteiger partial charge in [-0.3, -0.25) is 23.4 Å². The standard InChI is InChI=1S/C52H102NO10P/c1-3-5-7-9-11-13-15-17-19-21-22-23-24-25-26-28-30-32-34-36-38-40-42-44-51(55)63-48(46-61-64(58,59)62-47-49(53)52(56)57)45-60-50(54)43-41-39-37-35-33-31-29-27-20-18-16-14-12-10-8-6-4-2/h48-49H,3-47,53H2,1-2H3,(H,56,57)(H,58,59). The Balaban J connectivity index is 4.14. The van der Waals surface area contributed by atoms with Crippen LogP contribution in [0, 0.1) is 0 Å². The molecule has 0 aliphatic carbocycles. The van der Waals surface area contributed by atoms with E-state index in [1.807, 2.05) is 0 Å². The molecule has 3 atom stereocenters. The van der Waals surface area contributed by atoms with Crippen LogP contribution >= 0.6 is 7.82 Å². The molecular formula is C52H102NO10P. The summed E-state index contributed by atoms with van der Waals surface area (Å²) in [6.45, 7) is 2.88. The van der Waals surface area contributed by atoms with E-state index in [0.29, 0.717) is 12.8 Å². The van der Waals surface area contributed by atoms with Crippen molar-refractivity contribution in [2.24, 2.45) is 5.73 Å². The van der Waals surface area contributed by atoms with Gasteiger partial charge in [-0.2, -0.15) is 0 Å². The molecule has 380 valence electrons. The van der Waals surface area contributed by atoms with Gasteiger partial charge in [-0.15, -0.1) is 0 Å². The van der Waals surface area contributed by atoms with Crippen LogP contribution in [0.15, 0.2) is 0 Å². The minimum Gasteiger partial charge on any atom is -0.480 e. The van der Waals surface area contributed by atoms with Crippen LogP contribution in [-0.4, -0.2) is 59.9 Å². The van der Waals surface area contributed by atoms with E-state index in [1.165, 1.54) is 205 Å². The van der Waals surface area contributed by atoms with Crippen molar-refractivity contribution >= 4 is 25.7 Å². The third-order valence-corrected chi connectivity index (χ3v) is 13.3. The molecule has 0 spiro atoms. The van der Waals surface area contributed by atoms with Crippen molar-refractivity contribution in [1.29, 1.82) is 0 Å². The summed E-state index contributed by atoms with van der Waals surface area (Å²) in [5.41, 5.74) is 5.36. The van der Waals surface area contributed by atoms with Gasteiger partial charge < -0.3 is 25.2 Å². The van der Waals surface area contributed by atoms with Crippen LogP contribution in [0.3, 0.4) is 0 Å². The molecule has 0 radical (unpaired) electrons. The number of unbranched alkanes of at least 4 members (excludes halogenated alkanes) is 38. The molecule has 0 heterocycles. The Morgan fingerprint density at radius 2 is 0.688 bits per heavy atom. The second kappa shape index (κ2) is 48.0. The summed E-state index contributed by atoms with van der Waals surface area (Å²) in [5, 5.41) is 8.93. The van der Waals surface area contributed by atoms with Gasteiger partial charge in [-0.1, -0.05) is 258 Å². The average Bonchev–Trinajstić information content (AvgIpc) is 3.27. The normalized spacial score (nSPS) is 13.4. The summed E-state index contributed by atoms with van der Waals surface area (Å²) in [5.74, 6) is -2.35. The highest BCUT2D eigenvalue weighted by molar-refractivity contribution is 7.47. The third kappa shape index (κ3) is 47.0. The Morgan fingerprint density at radius 3 is 0.984 bits per heavy atom. The van der Waals surface area contributed by atoms with Gasteiger partial charge in [0.05, 0.1) is 13.2 Å². The second-order valence-electron chi connectivity index (χ2n) is 18.7. The largest absolute Gasteiger partial charge is 0.480 e. The number of hydrogen-bond donors (Lipinski definition) is 3. The molecule has 0 rings (SSSR count). The number of carbonyl (C=O) groups excluding carboxylic acids is 2. The summed E-state index contributed by atoms with van der Waals surface area (Å²) < 4.78 is 32.9. The smallest absolute Gasteiger partial charge is 0.472 e. The van der Waals surface area contributed by atoms with Crippen LogP contribution in [0.4, 0.5) is 0 Å². The van der Waals surface area contributed by atoms with Crippen molar-refractivity contribution in [3.63, 3.8) is 0 Å². The van der Waals surface area contributed by atoms with E-state index in [1.54, 1.807) is 0 Å². The molecule has 3 unspecified atom stereocenters. The van der Waals surface area contributed by atoms with Crippen LogP contribution in [0.5, 0.6) is 0 Å². The molecule has 0 amide bonds. The number of carboxylic acids is 1. The van der Waals surface area contributed by atoms with Gasteiger partial charge in [0.1, 0.15) is 12.6 Å². The lowest BCUT2D eigenvalue weighted by Gasteiger charge is -2.20. The third-order valence-electron chi connectivity index (χ3n) is 12.4. The lowest BCUT2D eigenvalue weighted by molar-refractivity contribution is -0.161. The van der Waals surface area contributed by atoms with Gasteiger partial charge in [-0.25, -0.2) is 4.57 Å². The van der Waals surface area contributed by atoms with E-state index in [2.05, 4.69) is 13.8 Å². The Kier molecular flexibility index (Phi) is 46.8. The summed E-state index contributed by atoms with van der Waals surface area (Å²) in [6.07, 6.45) is 50.3. The molecule has 0 aromatic carbocycles. The number of aliphatic carboxylic acids is 1. The number of phosphoric ester groups is 1. The first-order chi connectivity index (χ1) is 31.1. The Bertz CT molecular complexity index is 1090. The number of carbonyl (C=O) groups is 3. The second-order valence-corrected chi connectivity index (χ2v) is 20.2. The number of hydrogen-bond acceptors (Lipinski definition) is 9. The Morgan fingerprint density at radius 1 is 0.422 bits per heavy atom. The molecular weight excluding hydrogens is 830 g/mol. The molecule has 4 N–H and O–H groups in total. The number of rotatable bonds is 52. The SMILES string of the molecule is CCCCCCCCCCCCCCCCCCCCCCCCCC(=O)OC(COC(=O)CCCCCCCCCCCCCCCCCCC)COP(=O)(O)OCC(N)C(=O)O. The van der Waals surface area contributed by atoms with E-state index in [0.717, 1.165) is 38.5 Å². The van der Waals surface area contributed by atoms with Crippen molar-refractivity contribution in [2.75, 3.05) is 19.8 Å². The maximum absolute atomic E-state index is 12.7. The summed E-state index contributed by atoms with van der Waals surface area (Å²) in [6, 6.07) is -1.52. The first-order valence-electron chi connectivity index (χ1n) is 27.1. The minimum absolute atomic E-state index is 0.170. The van der Waals surface area contributed by atoms with Crippen LogP contribution in [0.2, 0.25) is 0 Å². The summed E-state index contributed by atoms with van der Waals surface area (Å²) in [4.78, 5) is 46.2. The van der Waals surface area contributed by atoms with Crippen LogP contribution < -0.4 is 5.73 Å². The molecule has 0 bridgehead atoms. The number of nitrogens with two attached hydrogens (primary N) is 1.